The maximum absolute atomic E-state index is 8.93. The van der Waals surface area contributed by atoms with Crippen molar-refractivity contribution in [3.8, 4) is 6.07 Å². The normalized spacial score (nSPS) is 23.9. The van der Waals surface area contributed by atoms with Crippen molar-refractivity contribution < 1.29 is 0 Å². The summed E-state index contributed by atoms with van der Waals surface area (Å²) in [5.41, 5.74) is 1.78. The van der Waals surface area contributed by atoms with E-state index >= 15 is 0 Å². The average Bonchev–Trinajstić information content (AvgIpc) is 3.39. The summed E-state index contributed by atoms with van der Waals surface area (Å²) in [5, 5.41) is 23.9. The molecule has 5 heterocycles. The molecule has 2 fully saturated rings. The van der Waals surface area contributed by atoms with E-state index in [2.05, 4.69) is 41.8 Å². The summed E-state index contributed by atoms with van der Waals surface area (Å²) >= 11 is 0. The lowest BCUT2D eigenvalue weighted by molar-refractivity contribution is 0.136. The Morgan fingerprint density at radius 2 is 2.10 bits per heavy atom. The molecule has 9 nitrogen and oxygen atoms in total. The summed E-state index contributed by atoms with van der Waals surface area (Å²) in [6.07, 6.45) is 7.12. The number of fused-ring (bicyclic) bond motifs is 3. The summed E-state index contributed by atoms with van der Waals surface area (Å²) in [4.78, 5) is 15.1. The molecule has 4 N–H and O–H groups in total. The van der Waals surface area contributed by atoms with Crippen molar-refractivity contribution >= 4 is 28.6 Å². The van der Waals surface area contributed by atoms with Crippen molar-refractivity contribution in [3.05, 3.63) is 24.0 Å². The molecule has 0 radical (unpaired) electrons. The first-order chi connectivity index (χ1) is 14.2. The van der Waals surface area contributed by atoms with Crippen LogP contribution in [0.25, 0.3) is 11.0 Å². The molecule has 2 atom stereocenters. The van der Waals surface area contributed by atoms with Gasteiger partial charge in [0.1, 0.15) is 11.5 Å². The highest BCUT2D eigenvalue weighted by Crippen LogP contribution is 2.37. The number of nitriles is 1. The minimum Gasteiger partial charge on any atom is -0.366 e. The SMILES string of the molecule is Cc1cc(Nc2nc(NC3CC4CCC(C3)N4CCC#N)c3cc[nH]c3n2)n[nH]1. The molecular formula is C20H25N9. The van der Waals surface area contributed by atoms with E-state index in [4.69, 9.17) is 10.2 Å². The fourth-order valence-corrected chi connectivity index (χ4v) is 4.83. The second-order valence-corrected chi connectivity index (χ2v) is 8.04. The monoisotopic (exact) mass is 391 g/mol. The van der Waals surface area contributed by atoms with Gasteiger partial charge in [0, 0.05) is 49.0 Å². The molecular weight excluding hydrogens is 366 g/mol. The fraction of sp³-hybridized carbons (Fsp3) is 0.500. The van der Waals surface area contributed by atoms with E-state index in [0.29, 0.717) is 36.3 Å². The lowest BCUT2D eigenvalue weighted by Crippen LogP contribution is -2.47. The van der Waals surface area contributed by atoms with Gasteiger partial charge in [0.25, 0.3) is 0 Å². The molecule has 2 aliphatic heterocycles. The lowest BCUT2D eigenvalue weighted by Gasteiger charge is -2.39. The molecule has 9 heteroatoms. The molecule has 0 saturated carbocycles. The van der Waals surface area contributed by atoms with Crippen LogP contribution in [0.3, 0.4) is 0 Å². The molecule has 29 heavy (non-hydrogen) atoms. The Balaban J connectivity index is 1.35. The molecule has 0 amide bonds. The highest BCUT2D eigenvalue weighted by molar-refractivity contribution is 5.88. The molecule has 5 rings (SSSR count). The van der Waals surface area contributed by atoms with Crippen LogP contribution in [0.1, 0.15) is 37.8 Å². The third-order valence-corrected chi connectivity index (χ3v) is 6.07. The number of H-pyrrole nitrogens is 2. The van der Waals surface area contributed by atoms with Gasteiger partial charge < -0.3 is 15.6 Å². The largest absolute Gasteiger partial charge is 0.366 e. The quantitative estimate of drug-likeness (QED) is 0.509. The van der Waals surface area contributed by atoms with E-state index in [9.17, 15) is 0 Å². The topological polar surface area (TPSA) is 121 Å². The summed E-state index contributed by atoms with van der Waals surface area (Å²) in [6.45, 7) is 2.85. The first kappa shape index (κ1) is 17.9. The smallest absolute Gasteiger partial charge is 0.232 e. The van der Waals surface area contributed by atoms with E-state index in [1.807, 2.05) is 25.3 Å². The fourth-order valence-electron chi connectivity index (χ4n) is 4.83. The van der Waals surface area contributed by atoms with Crippen LogP contribution in [-0.2, 0) is 0 Å². The van der Waals surface area contributed by atoms with Gasteiger partial charge in [0.05, 0.1) is 11.5 Å². The number of aryl methyl sites for hydroxylation is 1. The zero-order chi connectivity index (χ0) is 19.8. The Kier molecular flexibility index (Phi) is 4.56. The molecule has 2 saturated heterocycles. The molecule has 2 aliphatic rings. The molecule has 0 aliphatic carbocycles. The van der Waals surface area contributed by atoms with Crippen molar-refractivity contribution in [2.45, 2.75) is 57.2 Å². The average molecular weight is 391 g/mol. The first-order valence-corrected chi connectivity index (χ1v) is 10.2. The molecule has 0 aromatic carbocycles. The molecule has 0 spiro atoms. The molecule has 3 aromatic heterocycles. The Hall–Kier alpha value is -3.12. The van der Waals surface area contributed by atoms with Gasteiger partial charge in [0.2, 0.25) is 5.95 Å². The van der Waals surface area contributed by atoms with Crippen LogP contribution in [0, 0.1) is 18.3 Å². The van der Waals surface area contributed by atoms with Crippen molar-refractivity contribution in [2.24, 2.45) is 0 Å². The van der Waals surface area contributed by atoms with E-state index in [-0.39, 0.29) is 0 Å². The van der Waals surface area contributed by atoms with E-state index in [1.54, 1.807) is 0 Å². The number of piperidine rings is 1. The van der Waals surface area contributed by atoms with Crippen LogP contribution in [-0.4, -0.2) is 54.7 Å². The van der Waals surface area contributed by atoms with Gasteiger partial charge in [-0.1, -0.05) is 0 Å². The summed E-state index contributed by atoms with van der Waals surface area (Å²) in [5.74, 6) is 2.06. The first-order valence-electron chi connectivity index (χ1n) is 10.2. The predicted octanol–water partition coefficient (Wildman–Crippen LogP) is 3.05. The predicted molar refractivity (Wildman–Crippen MR) is 111 cm³/mol. The standard InChI is InChI=1S/C20H25N9/c1-12-9-17(28-27-12)24-20-25-18-16(5-7-22-18)19(26-20)23-13-10-14-3-4-15(11-13)29(14)8-2-6-21/h5,7,9,13-15H,2-4,8,10-11H2,1H3,(H4,22,23,24,25,26,27,28). The summed E-state index contributed by atoms with van der Waals surface area (Å²) < 4.78 is 0. The molecule has 2 unspecified atom stereocenters. The highest BCUT2D eigenvalue weighted by Gasteiger charge is 2.40. The summed E-state index contributed by atoms with van der Waals surface area (Å²) in [6, 6.07) is 7.72. The number of aromatic nitrogens is 5. The van der Waals surface area contributed by atoms with Gasteiger partial charge in [0.15, 0.2) is 5.82 Å². The van der Waals surface area contributed by atoms with E-state index in [0.717, 1.165) is 41.9 Å². The third-order valence-electron chi connectivity index (χ3n) is 6.07. The second-order valence-electron chi connectivity index (χ2n) is 8.04. The van der Waals surface area contributed by atoms with Crippen molar-refractivity contribution in [1.82, 2.24) is 30.0 Å². The van der Waals surface area contributed by atoms with Crippen LogP contribution in [0.2, 0.25) is 0 Å². The van der Waals surface area contributed by atoms with Gasteiger partial charge in [-0.3, -0.25) is 10.00 Å². The van der Waals surface area contributed by atoms with Crippen LogP contribution in [0.4, 0.5) is 17.6 Å². The zero-order valence-corrected chi connectivity index (χ0v) is 16.4. The lowest BCUT2D eigenvalue weighted by atomic mass is 9.97. The van der Waals surface area contributed by atoms with Crippen LogP contribution in [0.15, 0.2) is 18.3 Å². The van der Waals surface area contributed by atoms with Gasteiger partial charge in [-0.05, 0) is 38.7 Å². The van der Waals surface area contributed by atoms with E-state index < -0.39 is 0 Å². The number of rotatable bonds is 6. The minimum absolute atomic E-state index is 0.374. The van der Waals surface area contributed by atoms with Crippen LogP contribution >= 0.6 is 0 Å². The number of nitrogens with one attached hydrogen (secondary N) is 4. The van der Waals surface area contributed by atoms with Gasteiger partial charge in [-0.15, -0.1) is 0 Å². The summed E-state index contributed by atoms with van der Waals surface area (Å²) in [7, 11) is 0. The van der Waals surface area contributed by atoms with Crippen molar-refractivity contribution in [3.63, 3.8) is 0 Å². The third kappa shape index (κ3) is 3.51. The van der Waals surface area contributed by atoms with Crippen molar-refractivity contribution in [2.75, 3.05) is 17.2 Å². The Bertz CT molecular complexity index is 1030. The van der Waals surface area contributed by atoms with Crippen molar-refractivity contribution in [1.29, 1.82) is 5.26 Å². The Morgan fingerprint density at radius 1 is 1.28 bits per heavy atom. The van der Waals surface area contributed by atoms with Crippen LogP contribution in [0.5, 0.6) is 0 Å². The zero-order valence-electron chi connectivity index (χ0n) is 16.4. The number of hydrogen-bond donors (Lipinski definition) is 4. The van der Waals surface area contributed by atoms with Gasteiger partial charge in [-0.25, -0.2) is 0 Å². The number of hydrogen-bond acceptors (Lipinski definition) is 7. The van der Waals surface area contributed by atoms with Gasteiger partial charge >= 0.3 is 0 Å². The number of nitrogens with zero attached hydrogens (tertiary/aromatic N) is 5. The molecule has 2 bridgehead atoms. The minimum atomic E-state index is 0.374. The molecule has 3 aromatic rings. The number of anilines is 3. The number of aromatic amines is 2. The Morgan fingerprint density at radius 3 is 2.83 bits per heavy atom. The maximum Gasteiger partial charge on any atom is 0.232 e. The van der Waals surface area contributed by atoms with Crippen LogP contribution < -0.4 is 10.6 Å². The second kappa shape index (κ2) is 7.37. The maximum atomic E-state index is 8.93. The Labute approximate surface area is 168 Å². The molecule has 150 valence electrons. The van der Waals surface area contributed by atoms with E-state index in [1.165, 1.54) is 12.8 Å². The highest BCUT2D eigenvalue weighted by atomic mass is 15.3. The van der Waals surface area contributed by atoms with Gasteiger partial charge in [-0.2, -0.15) is 20.3 Å².